The van der Waals surface area contributed by atoms with Gasteiger partial charge in [0.1, 0.15) is 6.54 Å². The van der Waals surface area contributed by atoms with E-state index in [0.717, 1.165) is 29.9 Å². The average molecular weight is 279 g/mol. The number of aryl methyl sites for hydroxylation is 2. The van der Waals surface area contributed by atoms with Gasteiger partial charge in [-0.3, -0.25) is 4.79 Å². The zero-order valence-corrected chi connectivity index (χ0v) is 13.1. The molecule has 0 aliphatic carbocycles. The lowest BCUT2D eigenvalue weighted by molar-refractivity contribution is -0.917. The van der Waals surface area contributed by atoms with Crippen LogP contribution in [0.2, 0.25) is 0 Å². The number of quaternary nitrogens is 1. The highest BCUT2D eigenvalue weighted by Crippen LogP contribution is 2.19. The van der Waals surface area contributed by atoms with E-state index in [1.807, 2.05) is 32.0 Å². The fourth-order valence-corrected chi connectivity index (χ4v) is 2.55. The lowest BCUT2D eigenvalue weighted by Gasteiger charge is -2.35. The number of nitrogens with zero attached hydrogens (tertiary/aromatic N) is 1. The fraction of sp³-hybridized carbons (Fsp3) is 0.562. The highest BCUT2D eigenvalue weighted by atomic mass is 16.3. The molecule has 4 heteroatoms. The van der Waals surface area contributed by atoms with Gasteiger partial charge in [0.15, 0.2) is 6.54 Å². The maximum atomic E-state index is 12.3. The Hall–Kier alpha value is -1.39. The molecule has 2 N–H and O–H groups in total. The van der Waals surface area contributed by atoms with Crippen molar-refractivity contribution in [1.82, 2.24) is 0 Å². The second-order valence-electron chi connectivity index (χ2n) is 5.39. The van der Waals surface area contributed by atoms with Crippen LogP contribution in [-0.2, 0) is 4.79 Å². The van der Waals surface area contributed by atoms with E-state index in [1.54, 1.807) is 0 Å². The number of anilines is 1. The summed E-state index contributed by atoms with van der Waals surface area (Å²) in [5.41, 5.74) is 3.06. The summed E-state index contributed by atoms with van der Waals surface area (Å²) in [6.45, 7) is 10.9. The molecule has 0 unspecified atom stereocenters. The molecule has 4 nitrogen and oxygen atoms in total. The van der Waals surface area contributed by atoms with Crippen LogP contribution in [-0.4, -0.2) is 48.3 Å². The normalized spacial score (nSPS) is 11.4. The van der Waals surface area contributed by atoms with Crippen LogP contribution in [0, 0.1) is 13.8 Å². The minimum atomic E-state index is 0.0135. The number of carbonyl (C=O) groups is 1. The van der Waals surface area contributed by atoms with Crippen molar-refractivity contribution in [3.63, 3.8) is 0 Å². The molecule has 0 saturated carbocycles. The molecule has 1 aromatic rings. The minimum absolute atomic E-state index is 0.0135. The Morgan fingerprint density at radius 1 is 1.20 bits per heavy atom. The van der Waals surface area contributed by atoms with Gasteiger partial charge in [0.05, 0.1) is 19.7 Å². The molecular formula is C16H27N2O2+. The van der Waals surface area contributed by atoms with E-state index in [9.17, 15) is 9.90 Å². The predicted octanol–water partition coefficient (Wildman–Crippen LogP) is 2.09. The summed E-state index contributed by atoms with van der Waals surface area (Å²) in [4.78, 5) is 12.3. The Labute approximate surface area is 122 Å². The minimum Gasteiger partial charge on any atom is -0.391 e. The molecule has 112 valence electrons. The molecule has 0 bridgehead atoms. The molecule has 1 aromatic carbocycles. The average Bonchev–Trinajstić information content (AvgIpc) is 2.42. The van der Waals surface area contributed by atoms with Gasteiger partial charge in [0, 0.05) is 5.69 Å². The monoisotopic (exact) mass is 279 g/mol. The number of hydrogen-bond acceptors (Lipinski definition) is 2. The smallest absolute Gasteiger partial charge is 0.279 e. The van der Waals surface area contributed by atoms with Crippen molar-refractivity contribution in [3.05, 3.63) is 29.3 Å². The van der Waals surface area contributed by atoms with E-state index in [4.69, 9.17) is 0 Å². The molecule has 20 heavy (non-hydrogen) atoms. The van der Waals surface area contributed by atoms with Crippen LogP contribution in [0.25, 0.3) is 0 Å². The SMILES string of the molecule is CC[N+](CC)(CCO)CC(=O)Nc1c(C)cccc1C. The first-order chi connectivity index (χ1) is 9.48. The quantitative estimate of drug-likeness (QED) is 0.751. The second-order valence-corrected chi connectivity index (χ2v) is 5.39. The Bertz CT molecular complexity index is 434. The van der Waals surface area contributed by atoms with Gasteiger partial charge in [-0.25, -0.2) is 0 Å². The van der Waals surface area contributed by atoms with Crippen molar-refractivity contribution < 1.29 is 14.4 Å². The molecule has 0 fully saturated rings. The van der Waals surface area contributed by atoms with Crippen molar-refractivity contribution in [2.24, 2.45) is 0 Å². The van der Waals surface area contributed by atoms with Gasteiger partial charge in [0.2, 0.25) is 0 Å². The van der Waals surface area contributed by atoms with Gasteiger partial charge < -0.3 is 14.9 Å². The van der Waals surface area contributed by atoms with Crippen molar-refractivity contribution >= 4 is 11.6 Å². The lowest BCUT2D eigenvalue weighted by Crippen LogP contribution is -2.53. The molecule has 0 atom stereocenters. The first-order valence-corrected chi connectivity index (χ1v) is 7.30. The lowest BCUT2D eigenvalue weighted by atomic mass is 10.1. The summed E-state index contributed by atoms with van der Waals surface area (Å²) >= 11 is 0. The summed E-state index contributed by atoms with van der Waals surface area (Å²) in [6.07, 6.45) is 0. The standard InChI is InChI=1S/C16H26N2O2/c1-5-18(6-2,10-11-19)12-15(20)17-16-13(3)8-7-9-14(16)4/h7-9,19H,5-6,10-12H2,1-4H3/p+1. The fourth-order valence-electron chi connectivity index (χ4n) is 2.55. The zero-order chi connectivity index (χ0) is 15.2. The van der Waals surface area contributed by atoms with Crippen LogP contribution < -0.4 is 5.32 Å². The Morgan fingerprint density at radius 2 is 1.75 bits per heavy atom. The van der Waals surface area contributed by atoms with E-state index in [1.165, 1.54) is 0 Å². The van der Waals surface area contributed by atoms with Gasteiger partial charge in [-0.1, -0.05) is 18.2 Å². The van der Waals surface area contributed by atoms with E-state index >= 15 is 0 Å². The van der Waals surface area contributed by atoms with Crippen molar-refractivity contribution in [2.75, 3.05) is 38.1 Å². The number of benzene rings is 1. The third-order valence-electron chi connectivity index (χ3n) is 4.14. The van der Waals surface area contributed by atoms with E-state index < -0.39 is 0 Å². The van der Waals surface area contributed by atoms with Crippen molar-refractivity contribution in [2.45, 2.75) is 27.7 Å². The Balaban J connectivity index is 2.81. The predicted molar refractivity (Wildman–Crippen MR) is 82.7 cm³/mol. The summed E-state index contributed by atoms with van der Waals surface area (Å²) in [5.74, 6) is 0.0135. The molecule has 0 radical (unpaired) electrons. The largest absolute Gasteiger partial charge is 0.391 e. The maximum absolute atomic E-state index is 12.3. The Kier molecular flexibility index (Phi) is 6.17. The van der Waals surface area contributed by atoms with Crippen LogP contribution in [0.5, 0.6) is 0 Å². The number of carbonyl (C=O) groups excluding carboxylic acids is 1. The third kappa shape index (κ3) is 4.05. The number of nitrogens with one attached hydrogen (secondary N) is 1. The van der Waals surface area contributed by atoms with E-state index in [0.29, 0.717) is 17.6 Å². The number of rotatable bonds is 7. The second kappa shape index (κ2) is 7.41. The maximum Gasteiger partial charge on any atom is 0.279 e. The number of hydrogen-bond donors (Lipinski definition) is 2. The first kappa shape index (κ1) is 16.7. The molecular weight excluding hydrogens is 252 g/mol. The third-order valence-corrected chi connectivity index (χ3v) is 4.14. The zero-order valence-electron chi connectivity index (χ0n) is 13.1. The molecule has 1 amide bonds. The number of amides is 1. The topological polar surface area (TPSA) is 49.3 Å². The highest BCUT2D eigenvalue weighted by Gasteiger charge is 2.26. The van der Waals surface area contributed by atoms with Gasteiger partial charge >= 0.3 is 0 Å². The van der Waals surface area contributed by atoms with Crippen LogP contribution in [0.4, 0.5) is 5.69 Å². The molecule has 0 aliphatic rings. The van der Waals surface area contributed by atoms with Gasteiger partial charge in [-0.05, 0) is 38.8 Å². The number of aliphatic hydroxyl groups is 1. The number of likely N-dealkylation sites (N-methyl/N-ethyl adjacent to an activating group) is 1. The Morgan fingerprint density at radius 3 is 2.20 bits per heavy atom. The molecule has 1 rings (SSSR count). The van der Waals surface area contributed by atoms with Gasteiger partial charge in [-0.15, -0.1) is 0 Å². The summed E-state index contributed by atoms with van der Waals surface area (Å²) in [7, 11) is 0. The molecule has 0 heterocycles. The highest BCUT2D eigenvalue weighted by molar-refractivity contribution is 5.93. The number of para-hydroxylation sites is 1. The van der Waals surface area contributed by atoms with Crippen molar-refractivity contribution in [3.8, 4) is 0 Å². The van der Waals surface area contributed by atoms with Crippen LogP contribution in [0.3, 0.4) is 0 Å². The van der Waals surface area contributed by atoms with Gasteiger partial charge in [-0.2, -0.15) is 0 Å². The summed E-state index contributed by atoms with van der Waals surface area (Å²) < 4.78 is 0.618. The molecule has 0 aromatic heterocycles. The van der Waals surface area contributed by atoms with Crippen LogP contribution in [0.15, 0.2) is 18.2 Å². The van der Waals surface area contributed by atoms with Gasteiger partial charge in [0.25, 0.3) is 5.91 Å². The van der Waals surface area contributed by atoms with Crippen LogP contribution >= 0.6 is 0 Å². The van der Waals surface area contributed by atoms with Crippen molar-refractivity contribution in [1.29, 1.82) is 0 Å². The number of aliphatic hydroxyl groups excluding tert-OH is 1. The van der Waals surface area contributed by atoms with E-state index in [-0.39, 0.29) is 12.5 Å². The van der Waals surface area contributed by atoms with Crippen LogP contribution in [0.1, 0.15) is 25.0 Å². The summed E-state index contributed by atoms with van der Waals surface area (Å²) in [5, 5.41) is 12.2. The molecule has 0 saturated heterocycles. The first-order valence-electron chi connectivity index (χ1n) is 7.30. The summed E-state index contributed by atoms with van der Waals surface area (Å²) in [6, 6.07) is 5.99. The van der Waals surface area contributed by atoms with E-state index in [2.05, 4.69) is 19.2 Å². The molecule has 0 aliphatic heterocycles. The molecule has 0 spiro atoms.